The van der Waals surface area contributed by atoms with Gasteiger partial charge in [-0.3, -0.25) is 0 Å². The van der Waals surface area contributed by atoms with Crippen molar-refractivity contribution in [1.29, 1.82) is 0 Å². The Bertz CT molecular complexity index is 301. The number of hydrogen-bond acceptors (Lipinski definition) is 4. The highest BCUT2D eigenvalue weighted by Gasteiger charge is 2.42. The predicted molar refractivity (Wildman–Crippen MR) is 71.7 cm³/mol. The summed E-state index contributed by atoms with van der Waals surface area (Å²) in [5, 5.41) is 0. The number of rotatable bonds is 2. The summed E-state index contributed by atoms with van der Waals surface area (Å²) < 4.78 is 12.4. The Balaban J connectivity index is 2.08. The monoisotopic (exact) mass is 258 g/mol. The minimum atomic E-state index is 0.207. The van der Waals surface area contributed by atoms with E-state index in [1.165, 1.54) is 11.8 Å². The van der Waals surface area contributed by atoms with Crippen molar-refractivity contribution in [2.24, 2.45) is 11.8 Å². The molecule has 0 saturated carbocycles. The average molecular weight is 258 g/mol. The third-order valence-electron chi connectivity index (χ3n) is 3.30. The predicted octanol–water partition coefficient (Wildman–Crippen LogP) is 3.02. The lowest BCUT2D eigenvalue weighted by Crippen LogP contribution is -2.44. The van der Waals surface area contributed by atoms with Crippen LogP contribution in [0.1, 0.15) is 20.3 Å². The molecule has 90 valence electrons. The molecular formula is C12H18O2S2. The maximum atomic E-state index is 5.88. The first-order chi connectivity index (χ1) is 7.61. The van der Waals surface area contributed by atoms with Crippen LogP contribution in [0.25, 0.3) is 0 Å². The third-order valence-corrected chi connectivity index (χ3v) is 4.33. The van der Waals surface area contributed by atoms with E-state index in [0.717, 1.165) is 6.42 Å². The number of hydrogen-bond donors (Lipinski definition) is 0. The van der Waals surface area contributed by atoms with Crippen molar-refractivity contribution < 1.29 is 9.47 Å². The lowest BCUT2D eigenvalue weighted by atomic mass is 9.83. The second kappa shape index (κ2) is 5.07. The maximum Gasteiger partial charge on any atom is 0.219 e. The topological polar surface area (TPSA) is 18.5 Å². The molecule has 4 atom stereocenters. The van der Waals surface area contributed by atoms with Gasteiger partial charge in [0, 0.05) is 12.3 Å². The molecule has 16 heavy (non-hydrogen) atoms. The standard InChI is InChI=1S/C12H18O2S2/c1-7(2)11-9-5-4-8(13-9)6-10(11)14-12(15)16-3/h4-5,7-11H,6H2,1-3H3/t8-,9+,10+,11+/m0/s1. The molecule has 2 aliphatic rings. The molecule has 0 radical (unpaired) electrons. The fraction of sp³-hybridized carbons (Fsp3) is 0.750. The van der Waals surface area contributed by atoms with Gasteiger partial charge < -0.3 is 9.47 Å². The minimum absolute atomic E-state index is 0.207. The Morgan fingerprint density at radius 3 is 2.88 bits per heavy atom. The second-order valence-corrected chi connectivity index (χ2v) is 6.10. The van der Waals surface area contributed by atoms with Crippen molar-refractivity contribution in [2.75, 3.05) is 6.26 Å². The first kappa shape index (κ1) is 12.4. The van der Waals surface area contributed by atoms with E-state index in [2.05, 4.69) is 26.0 Å². The molecule has 2 bridgehead atoms. The van der Waals surface area contributed by atoms with Crippen molar-refractivity contribution in [1.82, 2.24) is 0 Å². The van der Waals surface area contributed by atoms with Crippen molar-refractivity contribution in [3.63, 3.8) is 0 Å². The molecular weight excluding hydrogens is 240 g/mol. The summed E-state index contributed by atoms with van der Waals surface area (Å²) in [4.78, 5) is 0. The molecule has 0 N–H and O–H groups in total. The smallest absolute Gasteiger partial charge is 0.219 e. The number of fused-ring (bicyclic) bond motifs is 2. The lowest BCUT2D eigenvalue weighted by Gasteiger charge is -2.39. The maximum absolute atomic E-state index is 5.88. The first-order valence-electron chi connectivity index (χ1n) is 5.70. The fourth-order valence-corrected chi connectivity index (χ4v) is 2.93. The Kier molecular flexibility index (Phi) is 3.93. The van der Waals surface area contributed by atoms with Gasteiger partial charge in [-0.1, -0.05) is 37.8 Å². The van der Waals surface area contributed by atoms with E-state index >= 15 is 0 Å². The molecule has 0 aromatic heterocycles. The molecule has 0 unspecified atom stereocenters. The van der Waals surface area contributed by atoms with Crippen LogP contribution in [-0.2, 0) is 9.47 Å². The van der Waals surface area contributed by atoms with Gasteiger partial charge in [-0.2, -0.15) is 0 Å². The number of thiocarbonyl (C=S) groups is 1. The van der Waals surface area contributed by atoms with Gasteiger partial charge in [0.1, 0.15) is 6.10 Å². The van der Waals surface area contributed by atoms with E-state index in [1.54, 1.807) is 0 Å². The van der Waals surface area contributed by atoms with Crippen LogP contribution < -0.4 is 0 Å². The average Bonchev–Trinajstić information content (AvgIpc) is 2.60. The summed E-state index contributed by atoms with van der Waals surface area (Å²) in [6, 6.07) is 0. The van der Waals surface area contributed by atoms with E-state index in [1.807, 2.05) is 6.26 Å². The Labute approximate surface area is 107 Å². The molecule has 2 rings (SSSR count). The molecule has 0 aromatic carbocycles. The van der Waals surface area contributed by atoms with Gasteiger partial charge in [0.15, 0.2) is 0 Å². The van der Waals surface area contributed by atoms with Crippen molar-refractivity contribution in [2.45, 2.75) is 38.6 Å². The molecule has 2 nitrogen and oxygen atoms in total. The van der Waals surface area contributed by atoms with Gasteiger partial charge in [-0.25, -0.2) is 0 Å². The zero-order valence-corrected chi connectivity index (χ0v) is 11.5. The van der Waals surface area contributed by atoms with E-state index in [-0.39, 0.29) is 18.3 Å². The highest BCUT2D eigenvalue weighted by Crippen LogP contribution is 2.38. The molecule has 4 heteroatoms. The van der Waals surface area contributed by atoms with E-state index in [4.69, 9.17) is 21.7 Å². The van der Waals surface area contributed by atoms with Gasteiger partial charge >= 0.3 is 0 Å². The van der Waals surface area contributed by atoms with E-state index < -0.39 is 0 Å². The summed E-state index contributed by atoms with van der Waals surface area (Å²) >= 11 is 6.66. The van der Waals surface area contributed by atoms with E-state index in [9.17, 15) is 0 Å². The van der Waals surface area contributed by atoms with Crippen LogP contribution in [-0.4, -0.2) is 29.0 Å². The number of thioether (sulfide) groups is 1. The molecule has 2 heterocycles. The molecule has 0 aromatic rings. The summed E-state index contributed by atoms with van der Waals surface area (Å²) in [6.07, 6.45) is 7.88. The second-order valence-electron chi connectivity index (χ2n) is 4.69. The van der Waals surface area contributed by atoms with Crippen LogP contribution in [0.3, 0.4) is 0 Å². The minimum Gasteiger partial charge on any atom is -0.475 e. The van der Waals surface area contributed by atoms with Crippen molar-refractivity contribution in [3.05, 3.63) is 12.2 Å². The summed E-state index contributed by atoms with van der Waals surface area (Å²) in [5.74, 6) is 0.962. The molecule has 0 aliphatic carbocycles. The first-order valence-corrected chi connectivity index (χ1v) is 7.33. The van der Waals surface area contributed by atoms with E-state index in [0.29, 0.717) is 16.2 Å². The highest BCUT2D eigenvalue weighted by atomic mass is 32.2. The molecule has 2 aliphatic heterocycles. The largest absolute Gasteiger partial charge is 0.475 e. The summed E-state index contributed by atoms with van der Waals surface area (Å²) in [7, 11) is 0. The van der Waals surface area contributed by atoms with Crippen LogP contribution in [0.5, 0.6) is 0 Å². The Morgan fingerprint density at radius 2 is 2.25 bits per heavy atom. The van der Waals surface area contributed by atoms with Crippen LogP contribution in [0.2, 0.25) is 0 Å². The van der Waals surface area contributed by atoms with Crippen LogP contribution in [0.4, 0.5) is 0 Å². The van der Waals surface area contributed by atoms with Crippen LogP contribution in [0, 0.1) is 11.8 Å². The zero-order chi connectivity index (χ0) is 11.7. The van der Waals surface area contributed by atoms with Gasteiger partial charge in [0.2, 0.25) is 4.38 Å². The Morgan fingerprint density at radius 1 is 1.50 bits per heavy atom. The highest BCUT2D eigenvalue weighted by molar-refractivity contribution is 8.22. The van der Waals surface area contributed by atoms with Gasteiger partial charge in [0.25, 0.3) is 0 Å². The fourth-order valence-electron chi connectivity index (χ4n) is 2.58. The summed E-state index contributed by atoms with van der Waals surface area (Å²) in [5.41, 5.74) is 0. The van der Waals surface area contributed by atoms with Crippen LogP contribution >= 0.6 is 24.0 Å². The summed E-state index contributed by atoms with van der Waals surface area (Å²) in [6.45, 7) is 4.44. The van der Waals surface area contributed by atoms with Crippen molar-refractivity contribution in [3.8, 4) is 0 Å². The normalized spacial score (nSPS) is 36.8. The molecule has 0 spiro atoms. The quantitative estimate of drug-likeness (QED) is 0.559. The van der Waals surface area contributed by atoms with Crippen molar-refractivity contribution >= 4 is 28.4 Å². The molecule has 0 amide bonds. The van der Waals surface area contributed by atoms with Gasteiger partial charge in [0.05, 0.1) is 12.2 Å². The number of ether oxygens (including phenoxy) is 2. The molecule has 1 fully saturated rings. The van der Waals surface area contributed by atoms with Gasteiger partial charge in [-0.15, -0.1) is 0 Å². The Hall–Kier alpha value is -0.0600. The lowest BCUT2D eigenvalue weighted by molar-refractivity contribution is -0.0933. The third kappa shape index (κ3) is 2.44. The zero-order valence-electron chi connectivity index (χ0n) is 9.88. The molecule has 1 saturated heterocycles. The van der Waals surface area contributed by atoms with Gasteiger partial charge in [-0.05, 0) is 24.4 Å². The SMILES string of the molecule is CSC(=S)O[C@@H]1C[C@@H]2C=C[C@@H](O2)[C@H]1C(C)C. The van der Waals surface area contributed by atoms with Crippen LogP contribution in [0.15, 0.2) is 12.2 Å².